The van der Waals surface area contributed by atoms with E-state index in [0.29, 0.717) is 36.2 Å². The van der Waals surface area contributed by atoms with E-state index in [1.165, 1.54) is 0 Å². The van der Waals surface area contributed by atoms with E-state index in [1.54, 1.807) is 18.9 Å². The van der Waals surface area contributed by atoms with Crippen molar-refractivity contribution in [1.82, 2.24) is 25.0 Å². The second kappa shape index (κ2) is 6.66. The number of hydrogen-bond acceptors (Lipinski definition) is 5. The third kappa shape index (κ3) is 3.34. The Bertz CT molecular complexity index is 838. The maximum atomic E-state index is 12.6. The van der Waals surface area contributed by atoms with Gasteiger partial charge in [0.2, 0.25) is 5.89 Å². The predicted molar refractivity (Wildman–Crippen MR) is 88.5 cm³/mol. The number of H-pyrrole nitrogens is 1. The van der Waals surface area contributed by atoms with Crippen LogP contribution in [0.3, 0.4) is 0 Å². The van der Waals surface area contributed by atoms with Crippen molar-refractivity contribution in [2.24, 2.45) is 0 Å². The molecule has 124 valence electrons. The third-order valence-corrected chi connectivity index (χ3v) is 3.72. The average molecular weight is 325 g/mol. The maximum Gasteiger partial charge on any atom is 0.274 e. The van der Waals surface area contributed by atoms with Gasteiger partial charge in [-0.15, -0.1) is 0 Å². The van der Waals surface area contributed by atoms with Gasteiger partial charge in [-0.05, 0) is 6.92 Å². The number of carbonyl (C=O) groups excluding carboxylic acids is 1. The molecule has 1 aromatic carbocycles. The van der Waals surface area contributed by atoms with E-state index in [-0.39, 0.29) is 5.91 Å². The van der Waals surface area contributed by atoms with Crippen LogP contribution < -0.4 is 0 Å². The number of carbonyl (C=O) groups is 1. The Balaban J connectivity index is 1.71. The van der Waals surface area contributed by atoms with Crippen molar-refractivity contribution in [2.75, 3.05) is 13.6 Å². The number of nitrogens with zero attached hydrogens (tertiary/aromatic N) is 4. The highest BCUT2D eigenvalue weighted by Crippen LogP contribution is 2.18. The van der Waals surface area contributed by atoms with Gasteiger partial charge in [-0.2, -0.15) is 4.98 Å². The minimum atomic E-state index is -0.133. The molecular formula is C17H19N5O2. The molecule has 0 saturated carbocycles. The third-order valence-electron chi connectivity index (χ3n) is 3.72. The lowest BCUT2D eigenvalue weighted by atomic mass is 10.2. The molecule has 0 atom stereocenters. The fourth-order valence-electron chi connectivity index (χ4n) is 2.39. The summed E-state index contributed by atoms with van der Waals surface area (Å²) < 4.78 is 4.93. The molecule has 1 N–H and O–H groups in total. The number of hydrogen-bond donors (Lipinski definition) is 1. The lowest BCUT2D eigenvalue weighted by molar-refractivity contribution is 0.0790. The molecule has 0 saturated heterocycles. The molecule has 0 spiro atoms. The van der Waals surface area contributed by atoms with Gasteiger partial charge in [0, 0.05) is 38.2 Å². The van der Waals surface area contributed by atoms with Gasteiger partial charge in [0.1, 0.15) is 11.5 Å². The number of benzene rings is 1. The monoisotopic (exact) mass is 325 g/mol. The average Bonchev–Trinajstić information content (AvgIpc) is 3.18. The molecular weight excluding hydrogens is 306 g/mol. The van der Waals surface area contributed by atoms with Crippen LogP contribution in [0.15, 0.2) is 34.9 Å². The Kier molecular flexibility index (Phi) is 4.41. The Morgan fingerprint density at radius 2 is 1.96 bits per heavy atom. The van der Waals surface area contributed by atoms with Crippen molar-refractivity contribution in [2.45, 2.75) is 20.3 Å². The van der Waals surface area contributed by atoms with Gasteiger partial charge in [0.25, 0.3) is 5.91 Å². The Labute approximate surface area is 139 Å². The summed E-state index contributed by atoms with van der Waals surface area (Å²) >= 11 is 0. The molecule has 7 heteroatoms. The van der Waals surface area contributed by atoms with Crippen LogP contribution in [-0.2, 0) is 6.42 Å². The summed E-state index contributed by atoms with van der Waals surface area (Å²) in [7, 11) is 1.74. The van der Waals surface area contributed by atoms with Gasteiger partial charge in [-0.3, -0.25) is 4.79 Å². The molecule has 3 aromatic rings. The second-order valence-corrected chi connectivity index (χ2v) is 5.63. The highest BCUT2D eigenvalue weighted by molar-refractivity contribution is 5.94. The van der Waals surface area contributed by atoms with Crippen molar-refractivity contribution >= 4 is 5.91 Å². The summed E-state index contributed by atoms with van der Waals surface area (Å²) in [6.07, 6.45) is 0.536. The Hall–Kier alpha value is -2.96. The van der Waals surface area contributed by atoms with Gasteiger partial charge >= 0.3 is 0 Å². The topological polar surface area (TPSA) is 87.9 Å². The van der Waals surface area contributed by atoms with Crippen molar-refractivity contribution in [1.29, 1.82) is 0 Å². The van der Waals surface area contributed by atoms with E-state index in [0.717, 1.165) is 11.3 Å². The lowest BCUT2D eigenvalue weighted by Gasteiger charge is -2.15. The molecule has 0 aliphatic heterocycles. The van der Waals surface area contributed by atoms with E-state index in [1.807, 2.05) is 37.3 Å². The zero-order chi connectivity index (χ0) is 17.1. The van der Waals surface area contributed by atoms with Crippen molar-refractivity contribution in [3.05, 3.63) is 53.4 Å². The van der Waals surface area contributed by atoms with E-state index >= 15 is 0 Å². The summed E-state index contributed by atoms with van der Waals surface area (Å²) in [6.45, 7) is 4.08. The summed E-state index contributed by atoms with van der Waals surface area (Å²) in [6, 6.07) is 9.73. The fraction of sp³-hybridized carbons (Fsp3) is 0.294. The highest BCUT2D eigenvalue weighted by atomic mass is 16.5. The Morgan fingerprint density at radius 3 is 2.62 bits per heavy atom. The molecule has 1 amide bonds. The first-order valence-corrected chi connectivity index (χ1v) is 7.71. The Morgan fingerprint density at radius 1 is 1.21 bits per heavy atom. The molecule has 0 unspecified atom stereocenters. The number of aryl methyl sites for hydroxylation is 2. The minimum absolute atomic E-state index is 0.133. The van der Waals surface area contributed by atoms with Crippen LogP contribution in [0.25, 0.3) is 11.4 Å². The quantitative estimate of drug-likeness (QED) is 0.778. The van der Waals surface area contributed by atoms with Crippen LogP contribution in [0.5, 0.6) is 0 Å². The fourth-order valence-corrected chi connectivity index (χ4v) is 2.39. The van der Waals surface area contributed by atoms with Gasteiger partial charge < -0.3 is 14.4 Å². The van der Waals surface area contributed by atoms with Crippen LogP contribution in [0.1, 0.15) is 27.9 Å². The standard InChI is InChI=1S/C17H19N5O2/c1-11-15(20-16(18-11)13-7-5-4-6-8-13)17(23)22(3)10-9-14-19-12(2)24-21-14/h4-8H,9-10H2,1-3H3,(H,18,20). The number of aromatic nitrogens is 4. The molecule has 2 aromatic heterocycles. The number of imidazole rings is 1. The minimum Gasteiger partial charge on any atom is -0.341 e. The van der Waals surface area contributed by atoms with Crippen LogP contribution in [-0.4, -0.2) is 44.5 Å². The molecule has 0 fully saturated rings. The number of rotatable bonds is 5. The SMILES string of the molecule is Cc1nc(CCN(C)C(=O)c2nc(-c3ccccc3)[nH]c2C)no1. The van der Waals surface area contributed by atoms with Gasteiger partial charge in [0.15, 0.2) is 5.82 Å². The molecule has 3 rings (SSSR count). The van der Waals surface area contributed by atoms with Gasteiger partial charge in [0.05, 0.1) is 0 Å². The number of nitrogens with one attached hydrogen (secondary N) is 1. The highest BCUT2D eigenvalue weighted by Gasteiger charge is 2.19. The van der Waals surface area contributed by atoms with E-state index < -0.39 is 0 Å². The van der Waals surface area contributed by atoms with E-state index in [2.05, 4.69) is 20.1 Å². The summed E-state index contributed by atoms with van der Waals surface area (Å²) in [5.74, 6) is 1.68. The zero-order valence-electron chi connectivity index (χ0n) is 13.9. The smallest absolute Gasteiger partial charge is 0.274 e. The number of likely N-dealkylation sites (N-methyl/N-ethyl adjacent to an activating group) is 1. The molecule has 24 heavy (non-hydrogen) atoms. The predicted octanol–water partition coefficient (Wildman–Crippen LogP) is 2.39. The normalized spacial score (nSPS) is 10.8. The van der Waals surface area contributed by atoms with E-state index in [9.17, 15) is 4.79 Å². The molecule has 7 nitrogen and oxygen atoms in total. The molecule has 0 aliphatic rings. The molecule has 0 bridgehead atoms. The molecule has 0 aliphatic carbocycles. The first kappa shape index (κ1) is 15.9. The van der Waals surface area contributed by atoms with Crippen molar-refractivity contribution in [3.63, 3.8) is 0 Å². The maximum absolute atomic E-state index is 12.6. The number of amides is 1. The molecule has 0 radical (unpaired) electrons. The van der Waals surface area contributed by atoms with Crippen molar-refractivity contribution in [3.8, 4) is 11.4 Å². The van der Waals surface area contributed by atoms with Crippen LogP contribution >= 0.6 is 0 Å². The van der Waals surface area contributed by atoms with Crippen LogP contribution in [0.4, 0.5) is 0 Å². The van der Waals surface area contributed by atoms with E-state index in [4.69, 9.17) is 4.52 Å². The summed E-state index contributed by atoms with van der Waals surface area (Å²) in [5.41, 5.74) is 2.13. The number of aromatic amines is 1. The van der Waals surface area contributed by atoms with Crippen LogP contribution in [0, 0.1) is 13.8 Å². The van der Waals surface area contributed by atoms with Gasteiger partial charge in [-0.1, -0.05) is 35.5 Å². The van der Waals surface area contributed by atoms with Gasteiger partial charge in [-0.25, -0.2) is 4.98 Å². The summed E-state index contributed by atoms with van der Waals surface area (Å²) in [4.78, 5) is 26.0. The zero-order valence-corrected chi connectivity index (χ0v) is 13.9. The first-order chi connectivity index (χ1) is 11.5. The molecule has 2 heterocycles. The lowest BCUT2D eigenvalue weighted by Crippen LogP contribution is -2.29. The summed E-state index contributed by atoms with van der Waals surface area (Å²) in [5, 5.41) is 3.84. The largest absolute Gasteiger partial charge is 0.341 e. The van der Waals surface area contributed by atoms with Crippen LogP contribution in [0.2, 0.25) is 0 Å². The second-order valence-electron chi connectivity index (χ2n) is 5.63. The van der Waals surface area contributed by atoms with Crippen molar-refractivity contribution < 1.29 is 9.32 Å². The first-order valence-electron chi connectivity index (χ1n) is 7.71.